The average Bonchev–Trinajstić information content (AvgIpc) is 2.09. The summed E-state index contributed by atoms with van der Waals surface area (Å²) in [6, 6.07) is 4.30. The third kappa shape index (κ3) is 2.55. The van der Waals surface area contributed by atoms with Crippen LogP contribution in [-0.4, -0.2) is 4.98 Å². The minimum absolute atomic E-state index is 0.660. The molecule has 0 bridgehead atoms. The number of aryl methyl sites for hydroxylation is 1. The Morgan fingerprint density at radius 1 is 1.31 bits per heavy atom. The maximum absolute atomic E-state index is 4.33. The highest BCUT2D eigenvalue weighted by atomic mass is 14.7. The molecule has 0 aliphatic rings. The van der Waals surface area contributed by atoms with Crippen LogP contribution in [0.15, 0.2) is 18.3 Å². The van der Waals surface area contributed by atoms with Crippen LogP contribution < -0.4 is 0 Å². The van der Waals surface area contributed by atoms with E-state index in [9.17, 15) is 0 Å². The van der Waals surface area contributed by atoms with Crippen molar-refractivity contribution in [1.29, 1.82) is 0 Å². The highest BCUT2D eigenvalue weighted by Gasteiger charge is 2.13. The van der Waals surface area contributed by atoms with Crippen molar-refractivity contribution in [2.45, 2.75) is 40.0 Å². The predicted octanol–water partition coefficient (Wildman–Crippen LogP) is 3.54. The summed E-state index contributed by atoms with van der Waals surface area (Å²) in [6.45, 7) is 8.81. The van der Waals surface area contributed by atoms with E-state index in [1.54, 1.807) is 0 Å². The first-order valence-corrected chi connectivity index (χ1v) is 5.07. The van der Waals surface area contributed by atoms with E-state index in [-0.39, 0.29) is 0 Å². The third-order valence-corrected chi connectivity index (χ3v) is 2.61. The zero-order valence-corrected chi connectivity index (χ0v) is 9.04. The highest BCUT2D eigenvalue weighted by molar-refractivity contribution is 5.18. The molecule has 13 heavy (non-hydrogen) atoms. The van der Waals surface area contributed by atoms with Crippen molar-refractivity contribution in [2.75, 3.05) is 0 Å². The Hall–Kier alpha value is -0.850. The van der Waals surface area contributed by atoms with Gasteiger partial charge in [-0.2, -0.15) is 0 Å². The van der Waals surface area contributed by atoms with Crippen LogP contribution in [-0.2, 0) is 0 Å². The monoisotopic (exact) mass is 177 g/mol. The van der Waals surface area contributed by atoms with Crippen molar-refractivity contribution in [2.24, 2.45) is 5.92 Å². The maximum atomic E-state index is 4.33. The van der Waals surface area contributed by atoms with Crippen molar-refractivity contribution in [3.63, 3.8) is 0 Å². The highest BCUT2D eigenvalue weighted by Crippen LogP contribution is 2.26. The molecule has 0 radical (unpaired) electrons. The predicted molar refractivity (Wildman–Crippen MR) is 56.8 cm³/mol. The Labute approximate surface area is 81.2 Å². The first kappa shape index (κ1) is 10.2. The first-order chi connectivity index (χ1) is 6.15. The van der Waals surface area contributed by atoms with Crippen LogP contribution in [0, 0.1) is 12.8 Å². The van der Waals surface area contributed by atoms with Crippen LogP contribution in [0.4, 0.5) is 0 Å². The summed E-state index contributed by atoms with van der Waals surface area (Å²) >= 11 is 0. The Bertz CT molecular complexity index is 248. The van der Waals surface area contributed by atoms with Gasteiger partial charge in [-0.1, -0.05) is 26.8 Å². The van der Waals surface area contributed by atoms with Crippen molar-refractivity contribution >= 4 is 0 Å². The summed E-state index contributed by atoms with van der Waals surface area (Å²) in [5, 5.41) is 0. The molecular weight excluding hydrogens is 158 g/mol. The molecule has 0 saturated carbocycles. The Morgan fingerprint density at radius 3 is 2.38 bits per heavy atom. The lowest BCUT2D eigenvalue weighted by atomic mass is 9.87. The lowest BCUT2D eigenvalue weighted by Crippen LogP contribution is -2.05. The molecule has 0 saturated heterocycles. The number of aromatic nitrogens is 1. The van der Waals surface area contributed by atoms with Gasteiger partial charge in [0.05, 0.1) is 0 Å². The summed E-state index contributed by atoms with van der Waals surface area (Å²) in [5.41, 5.74) is 2.48. The van der Waals surface area contributed by atoms with E-state index >= 15 is 0 Å². The maximum Gasteiger partial charge on any atom is 0.0372 e. The van der Waals surface area contributed by atoms with E-state index < -0.39 is 0 Å². The minimum Gasteiger partial charge on any atom is -0.261 e. The molecule has 0 amide bonds. The number of hydrogen-bond donors (Lipinski definition) is 0. The van der Waals surface area contributed by atoms with Gasteiger partial charge in [0, 0.05) is 11.9 Å². The topological polar surface area (TPSA) is 12.9 Å². The van der Waals surface area contributed by atoms with Crippen LogP contribution in [0.2, 0.25) is 0 Å². The van der Waals surface area contributed by atoms with E-state index in [0.717, 1.165) is 5.69 Å². The van der Waals surface area contributed by atoms with Gasteiger partial charge in [-0.05, 0) is 36.8 Å². The molecule has 0 fully saturated rings. The fraction of sp³-hybridized carbons (Fsp3) is 0.583. The van der Waals surface area contributed by atoms with Gasteiger partial charge < -0.3 is 0 Å². The van der Waals surface area contributed by atoms with E-state index in [0.29, 0.717) is 11.8 Å². The molecule has 0 aliphatic carbocycles. The molecule has 72 valence electrons. The molecule has 0 aliphatic heterocycles. The van der Waals surface area contributed by atoms with Crippen molar-refractivity contribution in [3.8, 4) is 0 Å². The molecule has 1 heterocycles. The first-order valence-electron chi connectivity index (χ1n) is 5.07. The van der Waals surface area contributed by atoms with Crippen LogP contribution in [0.5, 0.6) is 0 Å². The van der Waals surface area contributed by atoms with Crippen LogP contribution in [0.3, 0.4) is 0 Å². The number of pyridine rings is 1. The average molecular weight is 177 g/mol. The van der Waals surface area contributed by atoms with Gasteiger partial charge in [-0.25, -0.2) is 0 Å². The zero-order valence-electron chi connectivity index (χ0n) is 9.04. The molecule has 0 spiro atoms. The largest absolute Gasteiger partial charge is 0.261 e. The molecule has 1 aromatic heterocycles. The van der Waals surface area contributed by atoms with Crippen LogP contribution in [0.1, 0.15) is 44.4 Å². The fourth-order valence-corrected chi connectivity index (χ4v) is 1.79. The summed E-state index contributed by atoms with van der Waals surface area (Å²) in [4.78, 5) is 4.33. The van der Waals surface area contributed by atoms with Gasteiger partial charge in [0.2, 0.25) is 0 Å². The molecule has 1 heteroatoms. The number of hydrogen-bond acceptors (Lipinski definition) is 1. The van der Waals surface area contributed by atoms with Crippen LogP contribution >= 0.6 is 0 Å². The Kier molecular flexibility index (Phi) is 3.47. The normalized spacial score (nSPS) is 13.3. The van der Waals surface area contributed by atoms with Crippen molar-refractivity contribution in [3.05, 3.63) is 29.6 Å². The SMILES string of the molecule is CC[C@H](c1ccc(C)nc1)C(C)C. The Morgan fingerprint density at radius 2 is 2.00 bits per heavy atom. The second kappa shape index (κ2) is 4.40. The van der Waals surface area contributed by atoms with Crippen molar-refractivity contribution < 1.29 is 0 Å². The lowest BCUT2D eigenvalue weighted by molar-refractivity contribution is 0.484. The Balaban J connectivity index is 2.86. The van der Waals surface area contributed by atoms with E-state index in [2.05, 4.69) is 37.9 Å². The van der Waals surface area contributed by atoms with E-state index in [1.165, 1.54) is 12.0 Å². The van der Waals surface area contributed by atoms with E-state index in [1.807, 2.05) is 13.1 Å². The summed E-state index contributed by atoms with van der Waals surface area (Å²) in [7, 11) is 0. The molecule has 0 aromatic carbocycles. The van der Waals surface area contributed by atoms with Gasteiger partial charge in [-0.3, -0.25) is 4.98 Å². The second-order valence-electron chi connectivity index (χ2n) is 3.99. The summed E-state index contributed by atoms with van der Waals surface area (Å²) in [5.74, 6) is 1.36. The van der Waals surface area contributed by atoms with Gasteiger partial charge in [0.15, 0.2) is 0 Å². The smallest absolute Gasteiger partial charge is 0.0372 e. The van der Waals surface area contributed by atoms with E-state index in [4.69, 9.17) is 0 Å². The van der Waals surface area contributed by atoms with Gasteiger partial charge in [-0.15, -0.1) is 0 Å². The van der Waals surface area contributed by atoms with Crippen molar-refractivity contribution in [1.82, 2.24) is 4.98 Å². The molecule has 1 atom stereocenters. The number of nitrogens with zero attached hydrogens (tertiary/aromatic N) is 1. The summed E-state index contributed by atoms with van der Waals surface area (Å²) < 4.78 is 0. The quantitative estimate of drug-likeness (QED) is 0.688. The molecule has 1 nitrogen and oxygen atoms in total. The van der Waals surface area contributed by atoms with Gasteiger partial charge in [0.1, 0.15) is 0 Å². The van der Waals surface area contributed by atoms with Crippen LogP contribution in [0.25, 0.3) is 0 Å². The fourth-order valence-electron chi connectivity index (χ4n) is 1.79. The third-order valence-electron chi connectivity index (χ3n) is 2.61. The molecule has 1 aromatic rings. The molecule has 0 unspecified atom stereocenters. The molecular formula is C12H19N. The van der Waals surface area contributed by atoms with Gasteiger partial charge >= 0.3 is 0 Å². The summed E-state index contributed by atoms with van der Waals surface area (Å²) in [6.07, 6.45) is 3.21. The standard InChI is InChI=1S/C12H19N/c1-5-12(9(2)3)11-7-6-10(4)13-8-11/h6-9,12H,5H2,1-4H3/t12-/m0/s1. The molecule has 0 N–H and O–H groups in total. The molecule has 1 rings (SSSR count). The zero-order chi connectivity index (χ0) is 9.84. The van der Waals surface area contributed by atoms with Gasteiger partial charge in [0.25, 0.3) is 0 Å². The second-order valence-corrected chi connectivity index (χ2v) is 3.99. The number of rotatable bonds is 3. The minimum atomic E-state index is 0.660. The lowest BCUT2D eigenvalue weighted by Gasteiger charge is -2.18.